The van der Waals surface area contributed by atoms with Crippen molar-refractivity contribution in [3.63, 3.8) is 0 Å². The molecule has 1 aromatic heterocycles. The molecule has 2 heterocycles. The van der Waals surface area contributed by atoms with Gasteiger partial charge in [0.25, 0.3) is 0 Å². The van der Waals surface area contributed by atoms with Gasteiger partial charge in [0.05, 0.1) is 0 Å². The maximum Gasteiger partial charge on any atom is 0.148 e. The molecule has 6 heteroatoms. The molecule has 0 spiro atoms. The second-order valence-electron chi connectivity index (χ2n) is 4.39. The molecule has 94 valence electrons. The number of rotatable bonds is 2. The zero-order valence-electron chi connectivity index (χ0n) is 10.2. The van der Waals surface area contributed by atoms with Crippen LogP contribution in [-0.4, -0.2) is 47.6 Å². The number of nitrogens with two attached hydrogens (primary N) is 1. The van der Waals surface area contributed by atoms with Gasteiger partial charge in [0.1, 0.15) is 22.4 Å². The van der Waals surface area contributed by atoms with Crippen molar-refractivity contribution in [1.82, 2.24) is 14.9 Å². The van der Waals surface area contributed by atoms with Crippen LogP contribution in [0.1, 0.15) is 13.3 Å². The third kappa shape index (κ3) is 2.52. The molecule has 0 radical (unpaired) electrons. The summed E-state index contributed by atoms with van der Waals surface area (Å²) in [4.78, 5) is 13.0. The number of nitrogen functional groups attached to an aromatic ring is 1. The van der Waals surface area contributed by atoms with Crippen LogP contribution in [0.25, 0.3) is 0 Å². The standard InChI is InChI=1S/C11H18BrN5/c1-3-8-6-17(5-4-16(8)2)11-9(12)10(13)14-7-15-11/h7-8H,3-6H2,1-2H3,(H2,13,14,15). The molecular weight excluding hydrogens is 282 g/mol. The molecule has 0 amide bonds. The number of anilines is 2. The molecular formula is C11H18BrN5. The fourth-order valence-electron chi connectivity index (χ4n) is 2.17. The Hall–Kier alpha value is -0.880. The molecule has 1 unspecified atom stereocenters. The predicted octanol–water partition coefficient (Wildman–Crippen LogP) is 1.35. The number of halogens is 1. The van der Waals surface area contributed by atoms with Gasteiger partial charge in [-0.2, -0.15) is 0 Å². The SMILES string of the molecule is CCC1CN(c2ncnc(N)c2Br)CCN1C. The molecule has 2 N–H and O–H groups in total. The molecule has 1 aliphatic rings. The van der Waals surface area contributed by atoms with E-state index >= 15 is 0 Å². The van der Waals surface area contributed by atoms with Gasteiger partial charge < -0.3 is 10.6 Å². The second kappa shape index (κ2) is 5.18. The van der Waals surface area contributed by atoms with Gasteiger partial charge in [-0.1, -0.05) is 6.92 Å². The van der Waals surface area contributed by atoms with Crippen LogP contribution < -0.4 is 10.6 Å². The van der Waals surface area contributed by atoms with E-state index < -0.39 is 0 Å². The van der Waals surface area contributed by atoms with Crippen molar-refractivity contribution in [1.29, 1.82) is 0 Å². The highest BCUT2D eigenvalue weighted by atomic mass is 79.9. The number of piperazine rings is 1. The molecule has 2 rings (SSSR count). The summed E-state index contributed by atoms with van der Waals surface area (Å²) in [5.41, 5.74) is 5.79. The number of likely N-dealkylation sites (N-methyl/N-ethyl adjacent to an activating group) is 1. The van der Waals surface area contributed by atoms with Crippen molar-refractivity contribution in [3.8, 4) is 0 Å². The summed E-state index contributed by atoms with van der Waals surface area (Å²) >= 11 is 3.47. The number of hydrogen-bond acceptors (Lipinski definition) is 5. The summed E-state index contributed by atoms with van der Waals surface area (Å²) in [5, 5.41) is 0. The van der Waals surface area contributed by atoms with Crippen LogP contribution in [0.5, 0.6) is 0 Å². The highest BCUT2D eigenvalue weighted by Gasteiger charge is 2.25. The van der Waals surface area contributed by atoms with Crippen LogP contribution in [0.2, 0.25) is 0 Å². The van der Waals surface area contributed by atoms with Gasteiger partial charge in [0, 0.05) is 25.7 Å². The molecule has 0 bridgehead atoms. The van der Waals surface area contributed by atoms with E-state index in [1.807, 2.05) is 0 Å². The minimum Gasteiger partial charge on any atom is -0.383 e. The third-order valence-electron chi connectivity index (χ3n) is 3.35. The van der Waals surface area contributed by atoms with Crippen LogP contribution >= 0.6 is 15.9 Å². The smallest absolute Gasteiger partial charge is 0.148 e. The van der Waals surface area contributed by atoms with Crippen molar-refractivity contribution >= 4 is 27.6 Å². The van der Waals surface area contributed by atoms with Gasteiger partial charge in [-0.3, -0.25) is 4.90 Å². The van der Waals surface area contributed by atoms with Crippen molar-refractivity contribution in [2.75, 3.05) is 37.3 Å². The van der Waals surface area contributed by atoms with Crippen LogP contribution in [0, 0.1) is 0 Å². The van der Waals surface area contributed by atoms with Gasteiger partial charge in [-0.05, 0) is 29.4 Å². The summed E-state index contributed by atoms with van der Waals surface area (Å²) in [7, 11) is 2.18. The van der Waals surface area contributed by atoms with Crippen LogP contribution in [-0.2, 0) is 0 Å². The lowest BCUT2D eigenvalue weighted by molar-refractivity contribution is 0.213. The van der Waals surface area contributed by atoms with E-state index in [0.29, 0.717) is 11.9 Å². The summed E-state index contributed by atoms with van der Waals surface area (Å²) < 4.78 is 0.805. The monoisotopic (exact) mass is 299 g/mol. The quantitative estimate of drug-likeness (QED) is 0.893. The lowest BCUT2D eigenvalue weighted by Crippen LogP contribution is -2.51. The van der Waals surface area contributed by atoms with E-state index in [2.05, 4.69) is 49.7 Å². The van der Waals surface area contributed by atoms with Gasteiger partial charge in [0.2, 0.25) is 0 Å². The predicted molar refractivity (Wildman–Crippen MR) is 73.1 cm³/mol. The Kier molecular flexibility index (Phi) is 3.83. The van der Waals surface area contributed by atoms with Crippen molar-refractivity contribution in [2.45, 2.75) is 19.4 Å². The van der Waals surface area contributed by atoms with E-state index in [9.17, 15) is 0 Å². The van der Waals surface area contributed by atoms with Gasteiger partial charge in [-0.15, -0.1) is 0 Å². The van der Waals surface area contributed by atoms with E-state index in [0.717, 1.165) is 36.3 Å². The maximum absolute atomic E-state index is 5.79. The minimum absolute atomic E-state index is 0.502. The first-order valence-electron chi connectivity index (χ1n) is 5.84. The van der Waals surface area contributed by atoms with E-state index in [-0.39, 0.29) is 0 Å². The van der Waals surface area contributed by atoms with Gasteiger partial charge >= 0.3 is 0 Å². The molecule has 17 heavy (non-hydrogen) atoms. The van der Waals surface area contributed by atoms with Gasteiger partial charge in [0.15, 0.2) is 0 Å². The Balaban J connectivity index is 2.20. The topological polar surface area (TPSA) is 58.3 Å². The normalized spacial score (nSPS) is 21.8. The van der Waals surface area contributed by atoms with Gasteiger partial charge in [-0.25, -0.2) is 9.97 Å². The number of nitrogens with zero attached hydrogens (tertiary/aromatic N) is 4. The zero-order valence-corrected chi connectivity index (χ0v) is 11.8. The number of aromatic nitrogens is 2. The molecule has 1 fully saturated rings. The Labute approximate surface area is 110 Å². The first-order chi connectivity index (χ1) is 8.13. The molecule has 1 aromatic rings. The number of hydrogen-bond donors (Lipinski definition) is 1. The molecule has 1 aliphatic heterocycles. The summed E-state index contributed by atoms with van der Waals surface area (Å²) in [5.74, 6) is 1.41. The highest BCUT2D eigenvalue weighted by Crippen LogP contribution is 2.29. The summed E-state index contributed by atoms with van der Waals surface area (Å²) in [6, 6.07) is 0.576. The average molecular weight is 300 g/mol. The Morgan fingerprint density at radius 3 is 2.94 bits per heavy atom. The molecule has 0 saturated carbocycles. The largest absolute Gasteiger partial charge is 0.383 e. The van der Waals surface area contributed by atoms with E-state index in [4.69, 9.17) is 5.73 Å². The summed E-state index contributed by atoms with van der Waals surface area (Å²) in [6.45, 7) is 5.23. The molecule has 5 nitrogen and oxygen atoms in total. The van der Waals surface area contributed by atoms with Crippen LogP contribution in [0.15, 0.2) is 10.8 Å². The molecule has 1 atom stereocenters. The Morgan fingerprint density at radius 1 is 1.47 bits per heavy atom. The Bertz CT molecular complexity index is 397. The van der Waals surface area contributed by atoms with Crippen molar-refractivity contribution in [3.05, 3.63) is 10.8 Å². The van der Waals surface area contributed by atoms with Crippen molar-refractivity contribution in [2.24, 2.45) is 0 Å². The lowest BCUT2D eigenvalue weighted by Gasteiger charge is -2.40. The van der Waals surface area contributed by atoms with Crippen LogP contribution in [0.3, 0.4) is 0 Å². The van der Waals surface area contributed by atoms with E-state index in [1.54, 1.807) is 0 Å². The zero-order chi connectivity index (χ0) is 12.4. The first-order valence-corrected chi connectivity index (χ1v) is 6.64. The second-order valence-corrected chi connectivity index (χ2v) is 5.18. The lowest BCUT2D eigenvalue weighted by atomic mass is 10.1. The van der Waals surface area contributed by atoms with Crippen LogP contribution in [0.4, 0.5) is 11.6 Å². The average Bonchev–Trinajstić information content (AvgIpc) is 2.34. The Morgan fingerprint density at radius 2 is 2.24 bits per heavy atom. The molecule has 0 aromatic carbocycles. The maximum atomic E-state index is 5.79. The first kappa shape index (κ1) is 12.6. The molecule has 0 aliphatic carbocycles. The minimum atomic E-state index is 0.502. The fraction of sp³-hybridized carbons (Fsp3) is 0.636. The third-order valence-corrected chi connectivity index (χ3v) is 4.11. The summed E-state index contributed by atoms with van der Waals surface area (Å²) in [6.07, 6.45) is 2.67. The highest BCUT2D eigenvalue weighted by molar-refractivity contribution is 9.10. The molecule has 1 saturated heterocycles. The van der Waals surface area contributed by atoms with Crippen molar-refractivity contribution < 1.29 is 0 Å². The fourth-order valence-corrected chi connectivity index (χ4v) is 2.63. The van der Waals surface area contributed by atoms with E-state index in [1.165, 1.54) is 6.33 Å².